The van der Waals surface area contributed by atoms with Gasteiger partial charge in [-0.2, -0.15) is 0 Å². The molecular formula is C11H16O4. The zero-order chi connectivity index (χ0) is 11.5. The zero-order valence-corrected chi connectivity index (χ0v) is 9.28. The molecule has 1 heterocycles. The molecule has 0 aromatic heterocycles. The van der Waals surface area contributed by atoms with E-state index in [1.807, 2.05) is 20.8 Å². The van der Waals surface area contributed by atoms with E-state index in [1.165, 1.54) is 0 Å². The van der Waals surface area contributed by atoms with E-state index in [0.717, 1.165) is 0 Å². The molecule has 0 aromatic rings. The van der Waals surface area contributed by atoms with Crippen LogP contribution in [-0.2, 0) is 19.1 Å². The molecule has 0 amide bonds. The molecule has 4 heteroatoms. The van der Waals surface area contributed by atoms with Gasteiger partial charge in [-0.25, -0.2) is 4.79 Å². The van der Waals surface area contributed by atoms with Crippen molar-refractivity contribution in [2.24, 2.45) is 5.41 Å². The van der Waals surface area contributed by atoms with Crippen molar-refractivity contribution in [1.29, 1.82) is 0 Å². The Hall–Kier alpha value is -1.32. The molecule has 0 aliphatic carbocycles. The van der Waals surface area contributed by atoms with Crippen molar-refractivity contribution < 1.29 is 19.1 Å². The third-order valence-corrected chi connectivity index (χ3v) is 2.28. The van der Waals surface area contributed by atoms with Crippen LogP contribution in [0.5, 0.6) is 0 Å². The van der Waals surface area contributed by atoms with Crippen LogP contribution in [0.2, 0.25) is 0 Å². The van der Waals surface area contributed by atoms with Gasteiger partial charge in [0.2, 0.25) is 6.10 Å². The third-order valence-electron chi connectivity index (χ3n) is 2.28. The average Bonchev–Trinajstić information content (AvgIpc) is 2.42. The van der Waals surface area contributed by atoms with E-state index < -0.39 is 23.5 Å². The first-order valence-corrected chi connectivity index (χ1v) is 4.94. The van der Waals surface area contributed by atoms with Crippen LogP contribution in [-0.4, -0.2) is 24.6 Å². The average molecular weight is 212 g/mol. The molecule has 0 bridgehead atoms. The predicted molar refractivity (Wildman–Crippen MR) is 54.1 cm³/mol. The lowest BCUT2D eigenvalue weighted by Gasteiger charge is -2.21. The van der Waals surface area contributed by atoms with Gasteiger partial charge in [-0.3, -0.25) is 4.79 Å². The zero-order valence-electron chi connectivity index (χ0n) is 9.28. The van der Waals surface area contributed by atoms with Crippen LogP contribution in [0.1, 0.15) is 27.2 Å². The second-order valence-electron chi connectivity index (χ2n) is 4.24. The SMILES string of the molecule is C/C=C/CC(=O)O[C@H]1C(=O)OCC1(C)C. The maximum Gasteiger partial charge on any atom is 0.348 e. The van der Waals surface area contributed by atoms with Gasteiger partial charge in [-0.15, -0.1) is 0 Å². The van der Waals surface area contributed by atoms with Gasteiger partial charge in [-0.05, 0) is 6.92 Å². The number of hydrogen-bond donors (Lipinski definition) is 0. The van der Waals surface area contributed by atoms with E-state index in [2.05, 4.69) is 0 Å². The van der Waals surface area contributed by atoms with E-state index in [9.17, 15) is 9.59 Å². The minimum absolute atomic E-state index is 0.191. The lowest BCUT2D eigenvalue weighted by molar-refractivity contribution is -0.162. The Bertz CT molecular complexity index is 291. The number of hydrogen-bond acceptors (Lipinski definition) is 4. The molecule has 1 fully saturated rings. The normalized spacial score (nSPS) is 24.2. The van der Waals surface area contributed by atoms with Gasteiger partial charge >= 0.3 is 11.9 Å². The highest BCUT2D eigenvalue weighted by atomic mass is 16.6. The summed E-state index contributed by atoms with van der Waals surface area (Å²) in [5, 5.41) is 0. The molecule has 0 N–H and O–H groups in total. The molecule has 0 radical (unpaired) electrons. The Balaban J connectivity index is 2.56. The monoisotopic (exact) mass is 212 g/mol. The molecule has 15 heavy (non-hydrogen) atoms. The lowest BCUT2D eigenvalue weighted by atomic mass is 9.90. The van der Waals surface area contributed by atoms with E-state index in [4.69, 9.17) is 9.47 Å². The molecule has 1 saturated heterocycles. The predicted octanol–water partition coefficient (Wildman–Crippen LogP) is 1.45. The summed E-state index contributed by atoms with van der Waals surface area (Å²) in [6, 6.07) is 0. The van der Waals surface area contributed by atoms with Crippen LogP contribution < -0.4 is 0 Å². The highest BCUT2D eigenvalue weighted by Crippen LogP contribution is 2.31. The summed E-state index contributed by atoms with van der Waals surface area (Å²) in [5.41, 5.74) is -0.428. The second kappa shape index (κ2) is 4.47. The fourth-order valence-electron chi connectivity index (χ4n) is 1.33. The van der Waals surface area contributed by atoms with Crippen LogP contribution in [0.4, 0.5) is 0 Å². The molecule has 84 valence electrons. The second-order valence-corrected chi connectivity index (χ2v) is 4.24. The smallest absolute Gasteiger partial charge is 0.348 e. The van der Waals surface area contributed by atoms with Gasteiger partial charge in [0.1, 0.15) is 6.61 Å². The molecule has 4 nitrogen and oxygen atoms in total. The molecule has 0 spiro atoms. The standard InChI is InChI=1S/C11H16O4/c1-4-5-6-8(12)15-9-10(13)14-7-11(9,2)3/h4-5,9H,6-7H2,1-3H3/b5-4+/t9-/m0/s1. The molecule has 1 rings (SSSR count). The molecule has 0 unspecified atom stereocenters. The summed E-state index contributed by atoms with van der Waals surface area (Å²) in [4.78, 5) is 22.6. The molecule has 1 aliphatic heterocycles. The van der Waals surface area contributed by atoms with E-state index in [-0.39, 0.29) is 6.42 Å². The Labute approximate surface area is 89.2 Å². The first-order valence-electron chi connectivity index (χ1n) is 4.94. The van der Waals surface area contributed by atoms with Crippen molar-refractivity contribution in [3.05, 3.63) is 12.2 Å². The first kappa shape index (κ1) is 11.8. The van der Waals surface area contributed by atoms with Crippen LogP contribution in [0.25, 0.3) is 0 Å². The minimum atomic E-state index is -0.768. The molecule has 1 aliphatic rings. The Kier molecular flexibility index (Phi) is 3.50. The molecular weight excluding hydrogens is 196 g/mol. The highest BCUT2D eigenvalue weighted by Gasteiger charge is 2.46. The summed E-state index contributed by atoms with van der Waals surface area (Å²) in [6.45, 7) is 5.80. The van der Waals surface area contributed by atoms with Gasteiger partial charge in [0.15, 0.2) is 0 Å². The number of carbonyl (C=O) groups is 2. The number of rotatable bonds is 3. The van der Waals surface area contributed by atoms with Gasteiger partial charge in [0, 0.05) is 5.41 Å². The lowest BCUT2D eigenvalue weighted by Crippen LogP contribution is -2.34. The molecule has 0 aromatic carbocycles. The van der Waals surface area contributed by atoms with Gasteiger partial charge < -0.3 is 9.47 Å². The number of ether oxygens (including phenoxy) is 2. The van der Waals surface area contributed by atoms with Crippen molar-refractivity contribution in [2.75, 3.05) is 6.61 Å². The van der Waals surface area contributed by atoms with E-state index in [0.29, 0.717) is 6.61 Å². The van der Waals surface area contributed by atoms with Gasteiger partial charge in [0.05, 0.1) is 6.42 Å². The summed E-state index contributed by atoms with van der Waals surface area (Å²) in [5.74, 6) is -0.848. The first-order chi connectivity index (χ1) is 6.97. The number of carbonyl (C=O) groups excluding carboxylic acids is 2. The van der Waals surface area contributed by atoms with Crippen LogP contribution in [0.3, 0.4) is 0 Å². The van der Waals surface area contributed by atoms with Crippen LogP contribution in [0, 0.1) is 5.41 Å². The minimum Gasteiger partial charge on any atom is -0.462 e. The van der Waals surface area contributed by atoms with Crippen molar-refractivity contribution in [1.82, 2.24) is 0 Å². The Morgan fingerprint density at radius 2 is 2.33 bits per heavy atom. The maximum atomic E-state index is 11.3. The quantitative estimate of drug-likeness (QED) is 0.525. The van der Waals surface area contributed by atoms with Crippen molar-refractivity contribution in [2.45, 2.75) is 33.3 Å². The number of esters is 2. The molecule has 1 atom stereocenters. The van der Waals surface area contributed by atoms with Crippen LogP contribution in [0.15, 0.2) is 12.2 Å². The maximum absolute atomic E-state index is 11.3. The van der Waals surface area contributed by atoms with Gasteiger partial charge in [-0.1, -0.05) is 26.0 Å². The topological polar surface area (TPSA) is 52.6 Å². The van der Waals surface area contributed by atoms with Crippen molar-refractivity contribution >= 4 is 11.9 Å². The van der Waals surface area contributed by atoms with Crippen molar-refractivity contribution in [3.63, 3.8) is 0 Å². The summed E-state index contributed by atoms with van der Waals surface area (Å²) in [7, 11) is 0. The summed E-state index contributed by atoms with van der Waals surface area (Å²) < 4.78 is 9.93. The fourth-order valence-corrected chi connectivity index (χ4v) is 1.33. The van der Waals surface area contributed by atoms with E-state index >= 15 is 0 Å². The largest absolute Gasteiger partial charge is 0.462 e. The Morgan fingerprint density at radius 3 is 2.80 bits per heavy atom. The van der Waals surface area contributed by atoms with E-state index in [1.54, 1.807) is 12.2 Å². The van der Waals surface area contributed by atoms with Crippen molar-refractivity contribution in [3.8, 4) is 0 Å². The highest BCUT2D eigenvalue weighted by molar-refractivity contribution is 5.82. The Morgan fingerprint density at radius 1 is 1.67 bits per heavy atom. The van der Waals surface area contributed by atoms with Crippen LogP contribution >= 0.6 is 0 Å². The van der Waals surface area contributed by atoms with Gasteiger partial charge in [0.25, 0.3) is 0 Å². The summed E-state index contributed by atoms with van der Waals surface area (Å²) >= 11 is 0. The summed E-state index contributed by atoms with van der Waals surface area (Å²) in [6.07, 6.45) is 2.88. The molecule has 0 saturated carbocycles. The third kappa shape index (κ3) is 2.81. The number of cyclic esters (lactones) is 1. The fraction of sp³-hybridized carbons (Fsp3) is 0.636. The number of allylic oxidation sites excluding steroid dienone is 1.